The Kier molecular flexibility index (Phi) is 4.27. The minimum Gasteiger partial charge on any atom is -0.360 e. The average molecular weight is 358 g/mol. The second-order valence-electron chi connectivity index (χ2n) is 6.24. The molecule has 5 nitrogen and oxygen atoms in total. The van der Waals surface area contributed by atoms with Gasteiger partial charge in [-0.2, -0.15) is 5.26 Å². The van der Waals surface area contributed by atoms with E-state index in [1.807, 2.05) is 6.07 Å². The zero-order valence-electron chi connectivity index (χ0n) is 14.3. The van der Waals surface area contributed by atoms with E-state index in [2.05, 4.69) is 16.4 Å². The molecular weight excluding hydrogens is 343 g/mol. The maximum Gasteiger partial charge on any atom is 0.258 e. The molecule has 0 unspecified atom stereocenters. The number of halogens is 1. The number of carbonyl (C=O) groups excluding carboxylic acids is 1. The fraction of sp³-hybridized carbons (Fsp3) is 0.0952. The van der Waals surface area contributed by atoms with Gasteiger partial charge >= 0.3 is 0 Å². The summed E-state index contributed by atoms with van der Waals surface area (Å²) in [6.45, 7) is 0.311. The molecule has 0 spiro atoms. The molecule has 1 aliphatic rings. The smallest absolute Gasteiger partial charge is 0.258 e. The molecule has 0 bridgehead atoms. The van der Waals surface area contributed by atoms with Crippen molar-refractivity contribution in [3.8, 4) is 6.07 Å². The van der Waals surface area contributed by atoms with Gasteiger partial charge in [0.1, 0.15) is 12.0 Å². The Morgan fingerprint density at radius 2 is 1.96 bits per heavy atom. The van der Waals surface area contributed by atoms with Crippen LogP contribution in [0.1, 0.15) is 33.3 Å². The van der Waals surface area contributed by atoms with Gasteiger partial charge in [-0.25, -0.2) is 4.39 Å². The Bertz CT molecular complexity index is 1040. The van der Waals surface area contributed by atoms with Crippen molar-refractivity contribution < 1.29 is 9.18 Å². The maximum absolute atomic E-state index is 13.2. The van der Waals surface area contributed by atoms with Gasteiger partial charge in [0.05, 0.1) is 22.9 Å². The monoisotopic (exact) mass is 358 g/mol. The van der Waals surface area contributed by atoms with Crippen LogP contribution < -0.4 is 5.32 Å². The molecule has 4 rings (SSSR count). The Balaban J connectivity index is 1.69. The zero-order valence-corrected chi connectivity index (χ0v) is 14.3. The molecular formula is C21H15FN4O. The van der Waals surface area contributed by atoms with Crippen LogP contribution in [-0.2, 0) is 6.54 Å². The third-order valence-corrected chi connectivity index (χ3v) is 4.46. The van der Waals surface area contributed by atoms with E-state index < -0.39 is 6.17 Å². The summed E-state index contributed by atoms with van der Waals surface area (Å²) in [5.74, 6) is -0.462. The number of aromatic nitrogens is 1. The van der Waals surface area contributed by atoms with Crippen LogP contribution in [0.15, 0.2) is 66.9 Å². The molecule has 1 atom stereocenters. The SMILES string of the molecule is N#Cc1cccc(N[C@@H]2c3ncccc3C(=O)N2Cc2ccc(F)cc2)c1. The summed E-state index contributed by atoms with van der Waals surface area (Å²) in [7, 11) is 0. The predicted molar refractivity (Wildman–Crippen MR) is 98.0 cm³/mol. The number of fused-ring (bicyclic) bond motifs is 1. The molecule has 1 aromatic heterocycles. The molecule has 1 aliphatic heterocycles. The van der Waals surface area contributed by atoms with E-state index in [4.69, 9.17) is 5.26 Å². The molecule has 1 N–H and O–H groups in total. The van der Waals surface area contributed by atoms with Crippen LogP contribution >= 0.6 is 0 Å². The summed E-state index contributed by atoms with van der Waals surface area (Å²) in [6, 6.07) is 18.7. The lowest BCUT2D eigenvalue weighted by Crippen LogP contribution is -2.32. The molecule has 2 heterocycles. The first-order valence-electron chi connectivity index (χ1n) is 8.43. The maximum atomic E-state index is 13.2. The van der Waals surface area contributed by atoms with Crippen molar-refractivity contribution in [3.63, 3.8) is 0 Å². The number of hydrogen-bond donors (Lipinski definition) is 1. The highest BCUT2D eigenvalue weighted by Crippen LogP contribution is 2.34. The summed E-state index contributed by atoms with van der Waals surface area (Å²) in [5, 5.41) is 12.4. The van der Waals surface area contributed by atoms with Crippen LogP contribution in [0.3, 0.4) is 0 Å². The number of pyridine rings is 1. The molecule has 6 heteroatoms. The molecule has 0 aliphatic carbocycles. The lowest BCUT2D eigenvalue weighted by atomic mass is 10.2. The van der Waals surface area contributed by atoms with Crippen molar-refractivity contribution in [2.45, 2.75) is 12.7 Å². The third kappa shape index (κ3) is 3.23. The van der Waals surface area contributed by atoms with Crippen molar-refractivity contribution in [2.75, 3.05) is 5.32 Å². The highest BCUT2D eigenvalue weighted by Gasteiger charge is 2.37. The number of nitrogens with zero attached hydrogens (tertiary/aromatic N) is 3. The van der Waals surface area contributed by atoms with Gasteiger partial charge in [0.25, 0.3) is 5.91 Å². The lowest BCUT2D eigenvalue weighted by Gasteiger charge is -2.26. The number of carbonyl (C=O) groups is 1. The highest BCUT2D eigenvalue weighted by atomic mass is 19.1. The number of nitriles is 1. The second-order valence-corrected chi connectivity index (χ2v) is 6.24. The number of hydrogen-bond acceptors (Lipinski definition) is 4. The van der Waals surface area contributed by atoms with Gasteiger partial charge in [0.15, 0.2) is 0 Å². The lowest BCUT2D eigenvalue weighted by molar-refractivity contribution is 0.0728. The van der Waals surface area contributed by atoms with Gasteiger partial charge < -0.3 is 10.2 Å². The van der Waals surface area contributed by atoms with Gasteiger partial charge in [-0.05, 0) is 48.0 Å². The minimum atomic E-state index is -0.479. The second kappa shape index (κ2) is 6.89. The highest BCUT2D eigenvalue weighted by molar-refractivity contribution is 5.98. The van der Waals surface area contributed by atoms with Crippen LogP contribution in [0.2, 0.25) is 0 Å². The Morgan fingerprint density at radius 3 is 2.74 bits per heavy atom. The summed E-state index contributed by atoms with van der Waals surface area (Å²) in [5.41, 5.74) is 3.22. The summed E-state index contributed by atoms with van der Waals surface area (Å²) in [6.07, 6.45) is 1.17. The largest absolute Gasteiger partial charge is 0.360 e. The first-order valence-corrected chi connectivity index (χ1v) is 8.43. The van der Waals surface area contributed by atoms with Gasteiger partial charge in [0.2, 0.25) is 0 Å². The fourth-order valence-electron chi connectivity index (χ4n) is 3.17. The van der Waals surface area contributed by atoms with Gasteiger partial charge in [0, 0.05) is 18.4 Å². The number of rotatable bonds is 4. The molecule has 132 valence electrons. The van der Waals surface area contributed by atoms with Gasteiger partial charge in [-0.1, -0.05) is 18.2 Å². The molecule has 3 aromatic rings. The first-order chi connectivity index (χ1) is 13.2. The Morgan fingerprint density at radius 1 is 1.15 bits per heavy atom. The number of benzene rings is 2. The number of anilines is 1. The van der Waals surface area contributed by atoms with Crippen molar-refractivity contribution in [3.05, 3.63) is 95.1 Å². The normalized spacial score (nSPS) is 15.3. The zero-order chi connectivity index (χ0) is 18.8. The van der Waals surface area contributed by atoms with Crippen molar-refractivity contribution >= 4 is 11.6 Å². The molecule has 0 saturated heterocycles. The predicted octanol–water partition coefficient (Wildman–Crippen LogP) is 3.86. The molecule has 0 fully saturated rings. The first kappa shape index (κ1) is 16.7. The third-order valence-electron chi connectivity index (χ3n) is 4.46. The number of nitrogens with one attached hydrogen (secondary N) is 1. The molecule has 27 heavy (non-hydrogen) atoms. The molecule has 0 saturated carbocycles. The van der Waals surface area contributed by atoms with E-state index in [1.165, 1.54) is 12.1 Å². The number of amides is 1. The van der Waals surface area contributed by atoms with Crippen LogP contribution in [0.4, 0.5) is 10.1 Å². The molecule has 1 amide bonds. The van der Waals surface area contributed by atoms with E-state index in [0.29, 0.717) is 23.4 Å². The fourth-order valence-corrected chi connectivity index (χ4v) is 3.17. The quantitative estimate of drug-likeness (QED) is 0.769. The van der Waals surface area contributed by atoms with Crippen LogP contribution in [-0.4, -0.2) is 15.8 Å². The Hall–Kier alpha value is -3.72. The molecule has 2 aromatic carbocycles. The Labute approximate surface area is 155 Å². The summed E-state index contributed by atoms with van der Waals surface area (Å²) >= 11 is 0. The van der Waals surface area contributed by atoms with Crippen LogP contribution in [0.5, 0.6) is 0 Å². The van der Waals surface area contributed by atoms with Gasteiger partial charge in [-0.3, -0.25) is 9.78 Å². The van der Waals surface area contributed by atoms with Gasteiger partial charge in [-0.15, -0.1) is 0 Å². The standard InChI is InChI=1S/C21H15FN4O/c22-16-8-6-14(7-9-16)13-26-20(19-18(21(26)27)5-2-10-24-19)25-17-4-1-3-15(11-17)12-23/h1-11,20,25H,13H2/t20-/m0/s1. The average Bonchev–Trinajstić information content (AvgIpc) is 2.96. The van der Waals surface area contributed by atoms with Crippen molar-refractivity contribution in [2.24, 2.45) is 0 Å². The van der Waals surface area contributed by atoms with Crippen molar-refractivity contribution in [1.82, 2.24) is 9.88 Å². The van der Waals surface area contributed by atoms with Crippen LogP contribution in [0, 0.1) is 17.1 Å². The van der Waals surface area contributed by atoms with E-state index in [9.17, 15) is 9.18 Å². The van der Waals surface area contributed by atoms with Crippen LogP contribution in [0.25, 0.3) is 0 Å². The van der Waals surface area contributed by atoms with E-state index >= 15 is 0 Å². The summed E-state index contributed by atoms with van der Waals surface area (Å²) < 4.78 is 13.2. The van der Waals surface area contributed by atoms with E-state index in [0.717, 1.165) is 11.3 Å². The summed E-state index contributed by atoms with van der Waals surface area (Å²) in [4.78, 5) is 19.0. The van der Waals surface area contributed by atoms with E-state index in [-0.39, 0.29) is 11.7 Å². The topological polar surface area (TPSA) is 69.0 Å². The van der Waals surface area contributed by atoms with Crippen molar-refractivity contribution in [1.29, 1.82) is 5.26 Å². The van der Waals surface area contributed by atoms with E-state index in [1.54, 1.807) is 53.6 Å². The minimum absolute atomic E-state index is 0.142. The molecule has 0 radical (unpaired) electrons.